The Kier molecular flexibility index (Phi) is 5.63. The van der Waals surface area contributed by atoms with E-state index in [0.717, 1.165) is 17.3 Å². The van der Waals surface area contributed by atoms with E-state index in [1.54, 1.807) is 23.5 Å². The Bertz CT molecular complexity index is 181. The van der Waals surface area contributed by atoms with Crippen LogP contribution in [-0.4, -0.2) is 39.9 Å². The van der Waals surface area contributed by atoms with Crippen LogP contribution in [0.4, 0.5) is 13.2 Å². The SMILES string of the molecule is OC(CCCC(F)(F)F)C1CSCCS1. The smallest absolute Gasteiger partial charge is 0.389 e. The number of thioether (sulfide) groups is 2. The van der Waals surface area contributed by atoms with Crippen molar-refractivity contribution in [3.63, 3.8) is 0 Å². The van der Waals surface area contributed by atoms with Crippen LogP contribution in [0.1, 0.15) is 19.3 Å². The minimum absolute atomic E-state index is 0.0341. The predicted molar refractivity (Wildman–Crippen MR) is 59.5 cm³/mol. The molecule has 0 saturated carbocycles. The highest BCUT2D eigenvalue weighted by molar-refractivity contribution is 8.06. The molecule has 2 unspecified atom stereocenters. The van der Waals surface area contributed by atoms with Gasteiger partial charge in [-0.15, -0.1) is 0 Å². The summed E-state index contributed by atoms with van der Waals surface area (Å²) in [5, 5.41) is 9.79. The first-order chi connectivity index (χ1) is 6.99. The molecule has 0 radical (unpaired) electrons. The first-order valence-corrected chi connectivity index (χ1v) is 7.13. The van der Waals surface area contributed by atoms with Gasteiger partial charge < -0.3 is 5.11 Å². The van der Waals surface area contributed by atoms with E-state index in [4.69, 9.17) is 0 Å². The maximum Gasteiger partial charge on any atom is 0.389 e. The van der Waals surface area contributed by atoms with Crippen molar-refractivity contribution in [1.29, 1.82) is 0 Å². The van der Waals surface area contributed by atoms with Crippen molar-refractivity contribution >= 4 is 23.5 Å². The zero-order valence-corrected chi connectivity index (χ0v) is 9.93. The molecule has 6 heteroatoms. The highest BCUT2D eigenvalue weighted by Gasteiger charge is 2.28. The van der Waals surface area contributed by atoms with Crippen LogP contribution in [0.2, 0.25) is 0 Å². The molecule has 1 N–H and O–H groups in total. The molecule has 1 aliphatic heterocycles. The van der Waals surface area contributed by atoms with Crippen molar-refractivity contribution in [2.45, 2.75) is 36.8 Å². The summed E-state index contributed by atoms with van der Waals surface area (Å²) >= 11 is 3.44. The van der Waals surface area contributed by atoms with Crippen molar-refractivity contribution in [2.75, 3.05) is 17.3 Å². The minimum atomic E-state index is -4.09. The zero-order chi connectivity index (χ0) is 11.3. The molecule has 1 fully saturated rings. The van der Waals surface area contributed by atoms with Crippen LogP contribution in [0, 0.1) is 0 Å². The van der Waals surface area contributed by atoms with Crippen LogP contribution in [0.5, 0.6) is 0 Å². The third kappa shape index (κ3) is 5.92. The lowest BCUT2D eigenvalue weighted by molar-refractivity contribution is -0.136. The average molecular weight is 260 g/mol. The molecule has 0 bridgehead atoms. The fourth-order valence-electron chi connectivity index (χ4n) is 1.43. The van der Waals surface area contributed by atoms with Gasteiger partial charge in [-0.3, -0.25) is 0 Å². The maximum absolute atomic E-state index is 11.9. The molecule has 0 amide bonds. The molecule has 0 aromatic rings. The van der Waals surface area contributed by atoms with Crippen LogP contribution in [0.25, 0.3) is 0 Å². The van der Waals surface area contributed by atoms with Crippen molar-refractivity contribution in [2.24, 2.45) is 0 Å². The molecule has 0 aliphatic carbocycles. The van der Waals surface area contributed by atoms with E-state index < -0.39 is 18.7 Å². The van der Waals surface area contributed by atoms with Crippen LogP contribution in [-0.2, 0) is 0 Å². The standard InChI is InChI=1S/C9H15F3OS2/c10-9(11,12)3-1-2-7(13)8-6-14-4-5-15-8/h7-8,13H,1-6H2. The summed E-state index contributed by atoms with van der Waals surface area (Å²) < 4.78 is 35.6. The summed E-state index contributed by atoms with van der Waals surface area (Å²) in [6.07, 6.45) is -5.16. The lowest BCUT2D eigenvalue weighted by atomic mass is 10.1. The predicted octanol–water partition coefficient (Wildman–Crippen LogP) is 2.93. The molecule has 2 atom stereocenters. The first-order valence-electron chi connectivity index (χ1n) is 4.93. The largest absolute Gasteiger partial charge is 0.392 e. The Morgan fingerprint density at radius 3 is 2.60 bits per heavy atom. The molecule has 0 aromatic carbocycles. The molecule has 0 aromatic heterocycles. The average Bonchev–Trinajstić information content (AvgIpc) is 2.17. The van der Waals surface area contributed by atoms with Crippen LogP contribution < -0.4 is 0 Å². The van der Waals surface area contributed by atoms with Gasteiger partial charge in [-0.25, -0.2) is 0 Å². The summed E-state index contributed by atoms with van der Waals surface area (Å²) in [6, 6.07) is 0. The van der Waals surface area contributed by atoms with Crippen LogP contribution in [0.15, 0.2) is 0 Å². The molecule has 15 heavy (non-hydrogen) atoms. The topological polar surface area (TPSA) is 20.2 Å². The number of aliphatic hydroxyl groups is 1. The van der Waals surface area contributed by atoms with Gasteiger partial charge in [0.25, 0.3) is 0 Å². The second-order valence-corrected chi connectivity index (χ2v) is 6.06. The number of rotatable bonds is 4. The van der Waals surface area contributed by atoms with Crippen molar-refractivity contribution in [1.82, 2.24) is 0 Å². The van der Waals surface area contributed by atoms with E-state index in [-0.39, 0.29) is 18.1 Å². The maximum atomic E-state index is 11.9. The quantitative estimate of drug-likeness (QED) is 0.839. The Balaban J connectivity index is 2.14. The van der Waals surface area contributed by atoms with E-state index in [1.165, 1.54) is 0 Å². The normalized spacial score (nSPS) is 25.2. The molecule has 1 nitrogen and oxygen atoms in total. The van der Waals surface area contributed by atoms with E-state index >= 15 is 0 Å². The summed E-state index contributed by atoms with van der Waals surface area (Å²) in [4.78, 5) is 0. The molecule has 1 rings (SSSR count). The van der Waals surface area contributed by atoms with Crippen molar-refractivity contribution in [3.8, 4) is 0 Å². The Morgan fingerprint density at radius 1 is 1.33 bits per heavy atom. The Morgan fingerprint density at radius 2 is 2.07 bits per heavy atom. The number of hydrogen-bond acceptors (Lipinski definition) is 3. The zero-order valence-electron chi connectivity index (χ0n) is 8.29. The molecule has 1 saturated heterocycles. The highest BCUT2D eigenvalue weighted by Crippen LogP contribution is 2.29. The molecule has 90 valence electrons. The van der Waals surface area contributed by atoms with Gasteiger partial charge in [0.2, 0.25) is 0 Å². The van der Waals surface area contributed by atoms with Crippen molar-refractivity contribution in [3.05, 3.63) is 0 Å². The van der Waals surface area contributed by atoms with Gasteiger partial charge in [-0.2, -0.15) is 36.7 Å². The third-order valence-electron chi connectivity index (χ3n) is 2.23. The number of aliphatic hydroxyl groups excluding tert-OH is 1. The van der Waals surface area contributed by atoms with Gasteiger partial charge in [0.1, 0.15) is 0 Å². The monoisotopic (exact) mass is 260 g/mol. The Labute approximate surface area is 96.2 Å². The van der Waals surface area contributed by atoms with Gasteiger partial charge in [0.05, 0.1) is 6.10 Å². The van der Waals surface area contributed by atoms with Gasteiger partial charge in [0.15, 0.2) is 0 Å². The third-order valence-corrected chi connectivity index (χ3v) is 5.14. The number of halogens is 3. The Hall–Kier alpha value is 0.450. The second-order valence-electron chi connectivity index (χ2n) is 3.56. The van der Waals surface area contributed by atoms with E-state index in [0.29, 0.717) is 0 Å². The van der Waals surface area contributed by atoms with Gasteiger partial charge in [0, 0.05) is 28.9 Å². The first kappa shape index (κ1) is 13.5. The molecular weight excluding hydrogens is 245 g/mol. The highest BCUT2D eigenvalue weighted by atomic mass is 32.2. The lowest BCUT2D eigenvalue weighted by Crippen LogP contribution is -2.29. The minimum Gasteiger partial charge on any atom is -0.392 e. The second kappa shape index (κ2) is 6.25. The van der Waals surface area contributed by atoms with Gasteiger partial charge >= 0.3 is 6.18 Å². The summed E-state index contributed by atoms with van der Waals surface area (Å²) in [6.45, 7) is 0. The fraction of sp³-hybridized carbons (Fsp3) is 1.00. The van der Waals surface area contributed by atoms with E-state index in [2.05, 4.69) is 0 Å². The van der Waals surface area contributed by atoms with E-state index in [1.807, 2.05) is 0 Å². The van der Waals surface area contributed by atoms with Crippen LogP contribution >= 0.6 is 23.5 Å². The fourth-order valence-corrected chi connectivity index (χ4v) is 4.24. The summed E-state index contributed by atoms with van der Waals surface area (Å²) in [7, 11) is 0. The number of hydrogen-bond donors (Lipinski definition) is 1. The van der Waals surface area contributed by atoms with Gasteiger partial charge in [-0.1, -0.05) is 0 Å². The molecule has 1 heterocycles. The lowest BCUT2D eigenvalue weighted by Gasteiger charge is -2.25. The summed E-state index contributed by atoms with van der Waals surface area (Å²) in [5.74, 6) is 2.93. The summed E-state index contributed by atoms with van der Waals surface area (Å²) in [5.41, 5.74) is 0. The van der Waals surface area contributed by atoms with Crippen LogP contribution in [0.3, 0.4) is 0 Å². The van der Waals surface area contributed by atoms with E-state index in [9.17, 15) is 18.3 Å². The number of alkyl halides is 3. The molecule has 1 aliphatic rings. The van der Waals surface area contributed by atoms with Crippen molar-refractivity contribution < 1.29 is 18.3 Å². The van der Waals surface area contributed by atoms with Gasteiger partial charge in [-0.05, 0) is 12.8 Å². The molecule has 0 spiro atoms. The molecular formula is C9H15F3OS2.